The van der Waals surface area contributed by atoms with Crippen LogP contribution in [0.3, 0.4) is 0 Å². The van der Waals surface area contributed by atoms with Gasteiger partial charge in [0.15, 0.2) is 5.82 Å². The maximum atomic E-state index is 5.84. The van der Waals surface area contributed by atoms with Crippen LogP contribution in [0.4, 0.5) is 6.01 Å². The third kappa shape index (κ3) is 2.38. The summed E-state index contributed by atoms with van der Waals surface area (Å²) in [6.45, 7) is 1.67. The molecule has 0 unspecified atom stereocenters. The van der Waals surface area contributed by atoms with E-state index in [1.54, 1.807) is 0 Å². The molecule has 18 heavy (non-hydrogen) atoms. The summed E-state index contributed by atoms with van der Waals surface area (Å²) < 4.78 is 5.24. The minimum atomic E-state index is 0.587. The molecule has 5 heteroatoms. The molecule has 2 aromatic rings. The number of aromatic nitrogens is 2. The highest BCUT2D eigenvalue weighted by atomic mass is 35.5. The molecule has 1 aliphatic rings. The van der Waals surface area contributed by atoms with E-state index in [1.165, 1.54) is 0 Å². The van der Waals surface area contributed by atoms with Crippen molar-refractivity contribution in [2.24, 2.45) is 0 Å². The molecular formula is C13H12ClN3O. The summed E-state index contributed by atoms with van der Waals surface area (Å²) in [5, 5.41) is 4.72. The van der Waals surface area contributed by atoms with Gasteiger partial charge < -0.3 is 9.42 Å². The van der Waals surface area contributed by atoms with Crippen LogP contribution in [0.15, 0.2) is 40.9 Å². The van der Waals surface area contributed by atoms with Crippen molar-refractivity contribution in [1.82, 2.24) is 10.1 Å². The fourth-order valence-electron chi connectivity index (χ4n) is 1.86. The zero-order valence-corrected chi connectivity index (χ0v) is 10.5. The molecule has 0 bridgehead atoms. The van der Waals surface area contributed by atoms with E-state index in [0.717, 1.165) is 23.7 Å². The number of benzene rings is 1. The summed E-state index contributed by atoms with van der Waals surface area (Å²) in [7, 11) is 0. The van der Waals surface area contributed by atoms with Crippen molar-refractivity contribution in [3.05, 3.63) is 52.8 Å². The molecule has 1 aliphatic heterocycles. The van der Waals surface area contributed by atoms with Crippen LogP contribution in [-0.4, -0.2) is 23.2 Å². The molecule has 92 valence electrons. The van der Waals surface area contributed by atoms with Crippen LogP contribution in [0.2, 0.25) is 5.02 Å². The average molecular weight is 262 g/mol. The van der Waals surface area contributed by atoms with Crippen LogP contribution in [0, 0.1) is 0 Å². The lowest BCUT2D eigenvalue weighted by atomic mass is 10.1. The number of halogens is 1. The van der Waals surface area contributed by atoms with Crippen molar-refractivity contribution in [3.8, 4) is 0 Å². The second-order valence-corrected chi connectivity index (χ2v) is 4.61. The van der Waals surface area contributed by atoms with Crippen LogP contribution in [0.25, 0.3) is 0 Å². The Labute approximate surface area is 110 Å². The Kier molecular flexibility index (Phi) is 3.02. The van der Waals surface area contributed by atoms with E-state index in [9.17, 15) is 0 Å². The Morgan fingerprint density at radius 1 is 1.17 bits per heavy atom. The molecule has 0 radical (unpaired) electrons. The van der Waals surface area contributed by atoms with E-state index < -0.39 is 0 Å². The van der Waals surface area contributed by atoms with Crippen molar-refractivity contribution in [2.75, 3.05) is 18.0 Å². The number of nitrogens with zero attached hydrogens (tertiary/aromatic N) is 3. The minimum Gasteiger partial charge on any atom is -0.317 e. The van der Waals surface area contributed by atoms with Gasteiger partial charge in [-0.25, -0.2) is 0 Å². The second-order valence-electron chi connectivity index (χ2n) is 4.17. The Morgan fingerprint density at radius 2 is 1.89 bits per heavy atom. The lowest BCUT2D eigenvalue weighted by molar-refractivity contribution is 0.413. The van der Waals surface area contributed by atoms with Gasteiger partial charge in [0.05, 0.1) is 0 Å². The fourth-order valence-corrected chi connectivity index (χ4v) is 1.99. The SMILES string of the molecule is Clc1ccc(Cc2noc(N3CC=CC3)n2)cc1. The molecule has 0 N–H and O–H groups in total. The first-order valence-electron chi connectivity index (χ1n) is 5.78. The highest BCUT2D eigenvalue weighted by Gasteiger charge is 2.15. The summed E-state index contributed by atoms with van der Waals surface area (Å²) in [4.78, 5) is 6.41. The van der Waals surface area contributed by atoms with Crippen LogP contribution in [0.1, 0.15) is 11.4 Å². The topological polar surface area (TPSA) is 42.2 Å². The second kappa shape index (κ2) is 4.82. The van der Waals surface area contributed by atoms with Gasteiger partial charge in [0.1, 0.15) is 0 Å². The summed E-state index contributed by atoms with van der Waals surface area (Å²) in [6, 6.07) is 8.25. The van der Waals surface area contributed by atoms with E-state index in [4.69, 9.17) is 16.1 Å². The first-order chi connectivity index (χ1) is 8.81. The van der Waals surface area contributed by atoms with Gasteiger partial charge in [0, 0.05) is 24.5 Å². The van der Waals surface area contributed by atoms with Gasteiger partial charge in [0.25, 0.3) is 0 Å². The summed E-state index contributed by atoms with van der Waals surface area (Å²) in [6.07, 6.45) is 4.83. The minimum absolute atomic E-state index is 0.587. The molecule has 0 atom stereocenters. The van der Waals surface area contributed by atoms with Gasteiger partial charge in [-0.3, -0.25) is 0 Å². The van der Waals surface area contributed by atoms with Gasteiger partial charge in [0.2, 0.25) is 0 Å². The highest BCUT2D eigenvalue weighted by Crippen LogP contribution is 2.16. The first-order valence-corrected chi connectivity index (χ1v) is 6.16. The number of anilines is 1. The largest absolute Gasteiger partial charge is 0.324 e. The molecule has 0 amide bonds. The van der Waals surface area contributed by atoms with E-state index >= 15 is 0 Å². The zero-order chi connectivity index (χ0) is 12.4. The third-order valence-electron chi connectivity index (χ3n) is 2.82. The van der Waals surface area contributed by atoms with Gasteiger partial charge in [-0.2, -0.15) is 4.98 Å². The van der Waals surface area contributed by atoms with Crippen LogP contribution < -0.4 is 4.90 Å². The molecule has 0 saturated carbocycles. The molecule has 2 heterocycles. The molecule has 0 saturated heterocycles. The van der Waals surface area contributed by atoms with Crippen LogP contribution >= 0.6 is 11.6 Å². The smallest absolute Gasteiger partial charge is 0.317 e. The van der Waals surface area contributed by atoms with Crippen molar-refractivity contribution in [1.29, 1.82) is 0 Å². The molecule has 4 nitrogen and oxygen atoms in total. The first kappa shape index (κ1) is 11.3. The summed E-state index contributed by atoms with van der Waals surface area (Å²) >= 11 is 5.84. The quantitative estimate of drug-likeness (QED) is 0.797. The molecular weight excluding hydrogens is 250 g/mol. The van der Waals surface area contributed by atoms with E-state index in [0.29, 0.717) is 18.3 Å². The Morgan fingerprint density at radius 3 is 2.61 bits per heavy atom. The monoisotopic (exact) mass is 261 g/mol. The maximum absolute atomic E-state index is 5.84. The van der Waals surface area contributed by atoms with Crippen molar-refractivity contribution in [3.63, 3.8) is 0 Å². The van der Waals surface area contributed by atoms with Gasteiger partial charge in [-0.15, -0.1) is 0 Å². The van der Waals surface area contributed by atoms with Crippen molar-refractivity contribution < 1.29 is 4.52 Å². The molecule has 0 aliphatic carbocycles. The van der Waals surface area contributed by atoms with E-state index in [2.05, 4.69) is 22.3 Å². The lowest BCUT2D eigenvalue weighted by Gasteiger charge is -2.09. The van der Waals surface area contributed by atoms with Gasteiger partial charge in [-0.05, 0) is 17.7 Å². The van der Waals surface area contributed by atoms with Crippen molar-refractivity contribution in [2.45, 2.75) is 6.42 Å². The van der Waals surface area contributed by atoms with Crippen LogP contribution in [0.5, 0.6) is 0 Å². The average Bonchev–Trinajstić information content (AvgIpc) is 3.02. The number of hydrogen-bond acceptors (Lipinski definition) is 4. The summed E-state index contributed by atoms with van der Waals surface area (Å²) in [5.41, 5.74) is 1.12. The van der Waals surface area contributed by atoms with Crippen molar-refractivity contribution >= 4 is 17.6 Å². The molecule has 1 aromatic carbocycles. The highest BCUT2D eigenvalue weighted by molar-refractivity contribution is 6.30. The van der Waals surface area contributed by atoms with Gasteiger partial charge in [-0.1, -0.05) is 41.0 Å². The van der Waals surface area contributed by atoms with Crippen LogP contribution in [-0.2, 0) is 6.42 Å². The van der Waals surface area contributed by atoms with Gasteiger partial charge >= 0.3 is 6.01 Å². The predicted octanol–water partition coefficient (Wildman–Crippen LogP) is 2.69. The fraction of sp³-hybridized carbons (Fsp3) is 0.231. The number of rotatable bonds is 3. The third-order valence-corrected chi connectivity index (χ3v) is 3.07. The Hall–Kier alpha value is -1.81. The Bertz CT molecular complexity index is 554. The molecule has 3 rings (SSSR count). The maximum Gasteiger partial charge on any atom is 0.324 e. The molecule has 0 fully saturated rings. The zero-order valence-electron chi connectivity index (χ0n) is 9.71. The predicted molar refractivity (Wildman–Crippen MR) is 69.9 cm³/mol. The van der Waals surface area contributed by atoms with E-state index in [-0.39, 0.29) is 0 Å². The van der Waals surface area contributed by atoms with E-state index in [1.807, 2.05) is 29.2 Å². The standard InChI is InChI=1S/C13H12ClN3O/c14-11-5-3-10(4-6-11)9-12-15-13(18-16-12)17-7-1-2-8-17/h1-6H,7-9H2. The molecule has 1 aromatic heterocycles. The molecule has 0 spiro atoms. The lowest BCUT2D eigenvalue weighted by Crippen LogP contribution is -2.18. The summed E-state index contributed by atoms with van der Waals surface area (Å²) in [5.74, 6) is 0.694. The number of hydrogen-bond donors (Lipinski definition) is 0. The normalized spacial score (nSPS) is 14.4. The Balaban J connectivity index is 1.71.